The summed E-state index contributed by atoms with van der Waals surface area (Å²) in [6, 6.07) is 4.59. The SMILES string of the molecule is CC(C)C(CN(C)C)NS(=O)(=O)c1cc(N)ccc1Br. The Bertz CT molecular complexity index is 559. The molecule has 20 heavy (non-hydrogen) atoms. The molecule has 114 valence electrons. The summed E-state index contributed by atoms with van der Waals surface area (Å²) in [6.07, 6.45) is 0. The fourth-order valence-electron chi connectivity index (χ4n) is 1.77. The first kappa shape index (κ1) is 17.4. The number of halogens is 1. The zero-order chi connectivity index (χ0) is 15.5. The minimum atomic E-state index is -3.61. The van der Waals surface area contributed by atoms with Gasteiger partial charge in [-0.25, -0.2) is 13.1 Å². The Kier molecular flexibility index (Phi) is 6.00. The summed E-state index contributed by atoms with van der Waals surface area (Å²) in [5.41, 5.74) is 6.09. The van der Waals surface area contributed by atoms with Crippen LogP contribution in [0.5, 0.6) is 0 Å². The van der Waals surface area contributed by atoms with Crippen molar-refractivity contribution in [2.75, 3.05) is 26.4 Å². The van der Waals surface area contributed by atoms with Crippen molar-refractivity contribution in [3.63, 3.8) is 0 Å². The van der Waals surface area contributed by atoms with E-state index in [1.807, 2.05) is 32.8 Å². The molecule has 0 aromatic heterocycles. The number of rotatable bonds is 6. The zero-order valence-corrected chi connectivity index (χ0v) is 14.6. The number of nitrogens with two attached hydrogens (primary N) is 1. The first-order valence-corrected chi connectivity index (χ1v) is 8.63. The Morgan fingerprint density at radius 3 is 2.45 bits per heavy atom. The van der Waals surface area contributed by atoms with Crippen LogP contribution >= 0.6 is 15.9 Å². The van der Waals surface area contributed by atoms with Crippen molar-refractivity contribution in [2.24, 2.45) is 5.92 Å². The smallest absolute Gasteiger partial charge is 0.242 e. The predicted octanol–water partition coefficient (Wildman–Crippen LogP) is 1.90. The Morgan fingerprint density at radius 1 is 1.35 bits per heavy atom. The largest absolute Gasteiger partial charge is 0.399 e. The van der Waals surface area contributed by atoms with Crippen LogP contribution in [0.2, 0.25) is 0 Å². The predicted molar refractivity (Wildman–Crippen MR) is 86.1 cm³/mol. The first-order chi connectivity index (χ1) is 9.13. The van der Waals surface area contributed by atoms with Gasteiger partial charge in [0, 0.05) is 22.7 Å². The van der Waals surface area contributed by atoms with E-state index < -0.39 is 10.0 Å². The van der Waals surface area contributed by atoms with Crippen LogP contribution in [0, 0.1) is 5.92 Å². The second-order valence-electron chi connectivity index (χ2n) is 5.42. The second-order valence-corrected chi connectivity index (χ2v) is 7.96. The van der Waals surface area contributed by atoms with Crippen LogP contribution in [0.1, 0.15) is 13.8 Å². The van der Waals surface area contributed by atoms with Crippen molar-refractivity contribution < 1.29 is 8.42 Å². The Hall–Kier alpha value is -0.630. The van der Waals surface area contributed by atoms with Crippen molar-refractivity contribution >= 4 is 31.6 Å². The van der Waals surface area contributed by atoms with E-state index in [0.29, 0.717) is 16.7 Å². The van der Waals surface area contributed by atoms with Gasteiger partial charge in [0.25, 0.3) is 0 Å². The molecule has 0 aliphatic carbocycles. The third kappa shape index (κ3) is 4.73. The zero-order valence-electron chi connectivity index (χ0n) is 12.2. The first-order valence-electron chi connectivity index (χ1n) is 6.35. The van der Waals surface area contributed by atoms with E-state index >= 15 is 0 Å². The van der Waals surface area contributed by atoms with Crippen molar-refractivity contribution in [3.05, 3.63) is 22.7 Å². The molecule has 0 amide bonds. The molecule has 0 saturated carbocycles. The molecule has 0 heterocycles. The molecular weight excluding hydrogens is 342 g/mol. The molecule has 1 aromatic rings. The van der Waals surface area contributed by atoms with Gasteiger partial charge in [0.05, 0.1) is 4.90 Å². The fourth-order valence-corrected chi connectivity index (χ4v) is 4.14. The van der Waals surface area contributed by atoms with Crippen LogP contribution in [0.3, 0.4) is 0 Å². The highest BCUT2D eigenvalue weighted by Crippen LogP contribution is 2.24. The molecule has 1 unspecified atom stereocenters. The summed E-state index contributed by atoms with van der Waals surface area (Å²) in [7, 11) is 0.227. The van der Waals surface area contributed by atoms with E-state index in [4.69, 9.17) is 5.73 Å². The highest BCUT2D eigenvalue weighted by atomic mass is 79.9. The molecule has 3 N–H and O–H groups in total. The lowest BCUT2D eigenvalue weighted by Gasteiger charge is -2.25. The lowest BCUT2D eigenvalue weighted by atomic mass is 10.1. The van der Waals surface area contributed by atoms with Crippen LogP contribution in [-0.2, 0) is 10.0 Å². The maximum Gasteiger partial charge on any atom is 0.242 e. The summed E-state index contributed by atoms with van der Waals surface area (Å²) in [6.45, 7) is 4.62. The quantitative estimate of drug-likeness (QED) is 0.756. The molecule has 0 aliphatic heterocycles. The number of nitrogens with zero attached hydrogens (tertiary/aromatic N) is 1. The van der Waals surface area contributed by atoms with Gasteiger partial charge in [0.15, 0.2) is 0 Å². The van der Waals surface area contributed by atoms with Crippen molar-refractivity contribution in [1.82, 2.24) is 9.62 Å². The molecular formula is C13H22BrN3O2S. The maximum atomic E-state index is 12.5. The van der Waals surface area contributed by atoms with Gasteiger partial charge in [0.2, 0.25) is 10.0 Å². The van der Waals surface area contributed by atoms with Crippen molar-refractivity contribution in [1.29, 1.82) is 0 Å². The Morgan fingerprint density at radius 2 is 1.95 bits per heavy atom. The number of nitrogen functional groups attached to an aromatic ring is 1. The van der Waals surface area contributed by atoms with Crippen LogP contribution in [0.4, 0.5) is 5.69 Å². The third-order valence-electron chi connectivity index (χ3n) is 2.92. The topological polar surface area (TPSA) is 75.4 Å². The number of anilines is 1. The Balaban J connectivity index is 3.06. The summed E-state index contributed by atoms with van der Waals surface area (Å²) in [4.78, 5) is 2.13. The van der Waals surface area contributed by atoms with Crippen LogP contribution in [0.15, 0.2) is 27.6 Å². The fraction of sp³-hybridized carbons (Fsp3) is 0.538. The minimum Gasteiger partial charge on any atom is -0.399 e. The lowest BCUT2D eigenvalue weighted by Crippen LogP contribution is -2.44. The third-order valence-corrected chi connectivity index (χ3v) is 5.40. The van der Waals surface area contributed by atoms with Crippen molar-refractivity contribution in [3.8, 4) is 0 Å². The second kappa shape index (κ2) is 6.89. The molecule has 5 nitrogen and oxygen atoms in total. The van der Waals surface area contributed by atoms with Crippen LogP contribution in [0.25, 0.3) is 0 Å². The average molecular weight is 364 g/mol. The normalized spacial score (nSPS) is 13.9. The van der Waals surface area contributed by atoms with Gasteiger partial charge in [0.1, 0.15) is 0 Å². The molecule has 0 aliphatic rings. The molecule has 0 bridgehead atoms. The van der Waals surface area contributed by atoms with E-state index in [1.54, 1.807) is 12.1 Å². The standard InChI is InChI=1S/C13H22BrN3O2S/c1-9(2)12(8-17(3)4)16-20(18,19)13-7-10(15)5-6-11(13)14/h5-7,9,12,16H,8,15H2,1-4H3. The highest BCUT2D eigenvalue weighted by molar-refractivity contribution is 9.10. The van der Waals surface area contributed by atoms with Gasteiger partial charge < -0.3 is 10.6 Å². The summed E-state index contributed by atoms with van der Waals surface area (Å²) >= 11 is 3.26. The van der Waals surface area contributed by atoms with Gasteiger partial charge in [-0.15, -0.1) is 0 Å². The van der Waals surface area contributed by atoms with Gasteiger partial charge in [-0.1, -0.05) is 13.8 Å². The maximum absolute atomic E-state index is 12.5. The van der Waals surface area contributed by atoms with Gasteiger partial charge in [-0.3, -0.25) is 0 Å². The molecule has 1 rings (SSSR count). The van der Waals surface area contributed by atoms with E-state index in [0.717, 1.165) is 0 Å². The molecule has 0 fully saturated rings. The number of nitrogens with one attached hydrogen (secondary N) is 1. The summed E-state index contributed by atoms with van der Waals surface area (Å²) in [5, 5.41) is 0. The molecule has 1 atom stereocenters. The molecule has 7 heteroatoms. The van der Waals surface area contributed by atoms with Gasteiger partial charge >= 0.3 is 0 Å². The summed E-state index contributed by atoms with van der Waals surface area (Å²) in [5.74, 6) is 0.187. The van der Waals surface area contributed by atoms with Gasteiger partial charge in [-0.05, 0) is 54.1 Å². The van der Waals surface area contributed by atoms with E-state index in [-0.39, 0.29) is 16.9 Å². The van der Waals surface area contributed by atoms with E-state index in [9.17, 15) is 8.42 Å². The lowest BCUT2D eigenvalue weighted by molar-refractivity contribution is 0.314. The molecule has 1 aromatic carbocycles. The number of benzene rings is 1. The van der Waals surface area contributed by atoms with Gasteiger partial charge in [-0.2, -0.15) is 0 Å². The van der Waals surface area contributed by atoms with Crippen LogP contribution < -0.4 is 10.5 Å². The highest BCUT2D eigenvalue weighted by Gasteiger charge is 2.24. The number of hydrogen-bond acceptors (Lipinski definition) is 4. The number of likely N-dealkylation sites (N-methyl/N-ethyl adjacent to an activating group) is 1. The Labute approximate surface area is 129 Å². The van der Waals surface area contributed by atoms with E-state index in [1.165, 1.54) is 6.07 Å². The minimum absolute atomic E-state index is 0.164. The monoisotopic (exact) mass is 363 g/mol. The summed E-state index contributed by atoms with van der Waals surface area (Å²) < 4.78 is 28.2. The number of hydrogen-bond donors (Lipinski definition) is 2. The van der Waals surface area contributed by atoms with Crippen molar-refractivity contribution in [2.45, 2.75) is 24.8 Å². The molecule has 0 saturated heterocycles. The average Bonchev–Trinajstić information content (AvgIpc) is 2.30. The van der Waals surface area contributed by atoms with Crippen LogP contribution in [-0.4, -0.2) is 40.0 Å². The molecule has 0 radical (unpaired) electrons. The van der Waals surface area contributed by atoms with E-state index in [2.05, 4.69) is 20.7 Å². The molecule has 0 spiro atoms. The number of sulfonamides is 1.